The van der Waals surface area contributed by atoms with E-state index in [4.69, 9.17) is 16.7 Å². The van der Waals surface area contributed by atoms with E-state index >= 15 is 0 Å². The predicted molar refractivity (Wildman–Crippen MR) is 80.4 cm³/mol. The summed E-state index contributed by atoms with van der Waals surface area (Å²) in [5.74, 6) is 1.15. The molecule has 0 amide bonds. The lowest BCUT2D eigenvalue weighted by Crippen LogP contribution is -2.17. The minimum atomic E-state index is -0.988. The number of hydrogen-bond acceptors (Lipinski definition) is 3. The van der Waals surface area contributed by atoms with Crippen LogP contribution in [0.3, 0.4) is 0 Å². The van der Waals surface area contributed by atoms with Crippen molar-refractivity contribution in [3.05, 3.63) is 22.8 Å². The van der Waals surface area contributed by atoms with Crippen molar-refractivity contribution in [2.75, 3.05) is 11.9 Å². The van der Waals surface area contributed by atoms with E-state index in [1.165, 1.54) is 37.8 Å². The first-order valence-corrected chi connectivity index (χ1v) is 7.57. The number of aromatic carboxylic acids is 1. The Labute approximate surface area is 124 Å². The predicted octanol–water partition coefficient (Wildman–Crippen LogP) is 4.06. The Morgan fingerprint density at radius 1 is 1.50 bits per heavy atom. The summed E-state index contributed by atoms with van der Waals surface area (Å²) in [4.78, 5) is 15.1. The number of carbonyl (C=O) groups is 1. The van der Waals surface area contributed by atoms with Crippen LogP contribution in [0.1, 0.15) is 49.4 Å². The first kappa shape index (κ1) is 15.1. The summed E-state index contributed by atoms with van der Waals surface area (Å²) in [6.45, 7) is 3.13. The van der Waals surface area contributed by atoms with Gasteiger partial charge in [0.25, 0.3) is 0 Å². The van der Waals surface area contributed by atoms with Crippen LogP contribution >= 0.6 is 11.6 Å². The largest absolute Gasteiger partial charge is 0.478 e. The molecule has 4 nitrogen and oxygen atoms in total. The average Bonchev–Trinajstić information content (AvgIpc) is 2.38. The van der Waals surface area contributed by atoms with Crippen molar-refractivity contribution in [1.82, 2.24) is 4.98 Å². The maximum absolute atomic E-state index is 10.9. The molecule has 1 aliphatic carbocycles. The highest BCUT2D eigenvalue weighted by Crippen LogP contribution is 2.30. The summed E-state index contributed by atoms with van der Waals surface area (Å²) in [6.07, 6.45) is 6.37. The second-order valence-corrected chi connectivity index (χ2v) is 6.11. The van der Waals surface area contributed by atoms with Crippen LogP contribution < -0.4 is 5.32 Å². The first-order chi connectivity index (χ1) is 9.54. The number of hydrogen-bond donors (Lipinski definition) is 2. The van der Waals surface area contributed by atoms with Crippen LogP contribution in [0, 0.1) is 11.8 Å². The van der Waals surface area contributed by atoms with Gasteiger partial charge in [0.05, 0.1) is 5.56 Å². The number of aromatic nitrogens is 1. The number of halogens is 1. The van der Waals surface area contributed by atoms with E-state index in [-0.39, 0.29) is 10.7 Å². The van der Waals surface area contributed by atoms with E-state index < -0.39 is 5.97 Å². The minimum absolute atomic E-state index is 0.166. The molecule has 1 heterocycles. The first-order valence-electron chi connectivity index (χ1n) is 7.19. The van der Waals surface area contributed by atoms with Gasteiger partial charge in [-0.05, 0) is 36.8 Å². The molecule has 1 fully saturated rings. The van der Waals surface area contributed by atoms with Crippen LogP contribution in [-0.2, 0) is 0 Å². The number of carboxylic acid groups (broad SMARTS) is 1. The average molecular weight is 297 g/mol. The molecule has 110 valence electrons. The van der Waals surface area contributed by atoms with Gasteiger partial charge in [0.2, 0.25) is 0 Å². The summed E-state index contributed by atoms with van der Waals surface area (Å²) in [6, 6.07) is 2.88. The molecular formula is C15H21ClN2O2. The molecule has 5 heteroatoms. The third-order valence-electron chi connectivity index (χ3n) is 3.94. The maximum atomic E-state index is 10.9. The van der Waals surface area contributed by atoms with Crippen LogP contribution in [0.25, 0.3) is 0 Å². The highest BCUT2D eigenvalue weighted by atomic mass is 35.5. The lowest BCUT2D eigenvalue weighted by molar-refractivity contribution is 0.0697. The van der Waals surface area contributed by atoms with Crippen molar-refractivity contribution in [3.63, 3.8) is 0 Å². The summed E-state index contributed by atoms with van der Waals surface area (Å²) < 4.78 is 0. The number of pyridine rings is 1. The van der Waals surface area contributed by atoms with E-state index in [1.54, 1.807) is 0 Å². The van der Waals surface area contributed by atoms with E-state index in [1.807, 2.05) is 0 Å². The number of rotatable bonds is 5. The van der Waals surface area contributed by atoms with E-state index in [0.29, 0.717) is 5.82 Å². The third-order valence-corrected chi connectivity index (χ3v) is 4.14. The van der Waals surface area contributed by atoms with Crippen molar-refractivity contribution >= 4 is 23.4 Å². The van der Waals surface area contributed by atoms with Gasteiger partial charge < -0.3 is 10.4 Å². The van der Waals surface area contributed by atoms with Crippen molar-refractivity contribution in [3.8, 4) is 0 Å². The van der Waals surface area contributed by atoms with E-state index in [9.17, 15) is 4.79 Å². The molecule has 1 aromatic heterocycles. The Kier molecular flexibility index (Phi) is 5.24. The zero-order chi connectivity index (χ0) is 14.5. The van der Waals surface area contributed by atoms with Gasteiger partial charge in [-0.1, -0.05) is 37.8 Å². The Bertz CT molecular complexity index is 479. The molecule has 1 aromatic rings. The lowest BCUT2D eigenvalue weighted by atomic mass is 9.81. The fourth-order valence-electron chi connectivity index (χ4n) is 2.94. The van der Waals surface area contributed by atoms with Crippen molar-refractivity contribution in [2.24, 2.45) is 11.8 Å². The van der Waals surface area contributed by atoms with Gasteiger partial charge in [0.1, 0.15) is 11.0 Å². The smallest absolute Gasteiger partial charge is 0.335 e. The second-order valence-electron chi connectivity index (χ2n) is 5.72. The second kappa shape index (κ2) is 6.93. The van der Waals surface area contributed by atoms with Crippen molar-refractivity contribution in [2.45, 2.75) is 39.0 Å². The SMILES string of the molecule is CC1CCCC(CCNc2cc(C(=O)O)cc(Cl)n2)C1. The van der Waals surface area contributed by atoms with Gasteiger partial charge in [-0.25, -0.2) is 9.78 Å². The number of nitrogens with one attached hydrogen (secondary N) is 1. The monoisotopic (exact) mass is 296 g/mol. The highest BCUT2D eigenvalue weighted by Gasteiger charge is 2.18. The summed E-state index contributed by atoms with van der Waals surface area (Å²) >= 11 is 5.83. The fraction of sp³-hybridized carbons (Fsp3) is 0.600. The van der Waals surface area contributed by atoms with Crippen LogP contribution in [0.5, 0.6) is 0 Å². The topological polar surface area (TPSA) is 62.2 Å². The molecule has 2 atom stereocenters. The van der Waals surface area contributed by atoms with Gasteiger partial charge in [-0.3, -0.25) is 0 Å². The Morgan fingerprint density at radius 2 is 2.30 bits per heavy atom. The minimum Gasteiger partial charge on any atom is -0.478 e. The normalized spacial score (nSPS) is 22.5. The summed E-state index contributed by atoms with van der Waals surface area (Å²) in [5, 5.41) is 12.4. The summed E-state index contributed by atoms with van der Waals surface area (Å²) in [5.41, 5.74) is 0.166. The molecule has 1 aliphatic rings. The van der Waals surface area contributed by atoms with Crippen LogP contribution in [0.15, 0.2) is 12.1 Å². The van der Waals surface area contributed by atoms with Crippen molar-refractivity contribution < 1.29 is 9.90 Å². The molecule has 2 unspecified atom stereocenters. The molecule has 0 saturated heterocycles. The standard InChI is InChI=1S/C15H21ClN2O2/c1-10-3-2-4-11(7-10)5-6-17-14-9-12(15(19)20)8-13(16)18-14/h8-11H,2-7H2,1H3,(H,17,18)(H,19,20). The molecule has 0 spiro atoms. The zero-order valence-electron chi connectivity index (χ0n) is 11.7. The van der Waals surface area contributed by atoms with E-state index in [2.05, 4.69) is 17.2 Å². The van der Waals surface area contributed by atoms with Gasteiger partial charge in [0, 0.05) is 6.54 Å². The molecule has 20 heavy (non-hydrogen) atoms. The van der Waals surface area contributed by atoms with Gasteiger partial charge in [-0.15, -0.1) is 0 Å². The molecule has 2 N–H and O–H groups in total. The van der Waals surface area contributed by atoms with Gasteiger partial charge >= 0.3 is 5.97 Å². The molecule has 0 aromatic carbocycles. The van der Waals surface area contributed by atoms with Crippen LogP contribution in [0.4, 0.5) is 5.82 Å². The molecule has 1 saturated carbocycles. The highest BCUT2D eigenvalue weighted by molar-refractivity contribution is 6.29. The molecule has 0 radical (unpaired) electrons. The molecule has 0 bridgehead atoms. The number of nitrogens with zero attached hydrogens (tertiary/aromatic N) is 1. The maximum Gasteiger partial charge on any atom is 0.335 e. The number of anilines is 1. The van der Waals surface area contributed by atoms with E-state index in [0.717, 1.165) is 24.8 Å². The van der Waals surface area contributed by atoms with Gasteiger partial charge in [0.15, 0.2) is 0 Å². The number of carboxylic acids is 1. The Hall–Kier alpha value is -1.29. The zero-order valence-corrected chi connectivity index (χ0v) is 12.5. The molecular weight excluding hydrogens is 276 g/mol. The van der Waals surface area contributed by atoms with Gasteiger partial charge in [-0.2, -0.15) is 0 Å². The van der Waals surface area contributed by atoms with Crippen LogP contribution in [-0.4, -0.2) is 22.6 Å². The van der Waals surface area contributed by atoms with Crippen molar-refractivity contribution in [1.29, 1.82) is 0 Å². The quantitative estimate of drug-likeness (QED) is 0.804. The third kappa shape index (κ3) is 4.37. The lowest BCUT2D eigenvalue weighted by Gasteiger charge is -2.26. The molecule has 2 rings (SSSR count). The Morgan fingerprint density at radius 3 is 3.00 bits per heavy atom. The fourth-order valence-corrected chi connectivity index (χ4v) is 3.15. The molecule has 0 aliphatic heterocycles. The Balaban J connectivity index is 1.86. The summed E-state index contributed by atoms with van der Waals surface area (Å²) in [7, 11) is 0. The van der Waals surface area contributed by atoms with Crippen LogP contribution in [0.2, 0.25) is 5.15 Å².